The zero-order valence-electron chi connectivity index (χ0n) is 9.79. The van der Waals surface area contributed by atoms with Gasteiger partial charge in [-0.05, 0) is 31.1 Å². The molecule has 0 bridgehead atoms. The van der Waals surface area contributed by atoms with Crippen LogP contribution in [0.25, 0.3) is 0 Å². The van der Waals surface area contributed by atoms with E-state index < -0.39 is 0 Å². The van der Waals surface area contributed by atoms with Crippen LogP contribution in [-0.4, -0.2) is 19.7 Å². The second kappa shape index (κ2) is 8.40. The van der Waals surface area contributed by atoms with Crippen LogP contribution in [0.4, 0.5) is 0 Å². The van der Waals surface area contributed by atoms with E-state index >= 15 is 0 Å². The fourth-order valence-corrected chi connectivity index (χ4v) is 1.67. The topological polar surface area (TPSA) is 25.8 Å². The molecule has 0 aromatic heterocycles. The Morgan fingerprint density at radius 1 is 1.24 bits per heavy atom. The lowest BCUT2D eigenvalue weighted by atomic mass is 10.3. The van der Waals surface area contributed by atoms with Crippen LogP contribution in [0.5, 0.6) is 5.75 Å². The Hall–Kier alpha value is -0.700. The molecule has 4 heteroatoms. The van der Waals surface area contributed by atoms with E-state index in [1.54, 1.807) is 12.1 Å². The summed E-state index contributed by atoms with van der Waals surface area (Å²) in [5.74, 6) is 0.773. The molecule has 0 aliphatic rings. The van der Waals surface area contributed by atoms with Crippen LogP contribution >= 0.6 is 23.2 Å². The largest absolute Gasteiger partial charge is 0.494 e. The molecule has 94 valence electrons. The quantitative estimate of drug-likeness (QED) is 0.573. The Balaban J connectivity index is 2.13. The maximum atomic E-state index is 5.88. The zero-order valence-corrected chi connectivity index (χ0v) is 11.3. The van der Waals surface area contributed by atoms with Crippen molar-refractivity contribution < 1.29 is 10.1 Å². The van der Waals surface area contributed by atoms with Crippen molar-refractivity contribution in [3.63, 3.8) is 0 Å². The highest BCUT2D eigenvalue weighted by Crippen LogP contribution is 2.26. The van der Waals surface area contributed by atoms with E-state index in [0.29, 0.717) is 16.7 Å². The molecule has 0 unspecified atom stereocenters. The number of nitrogens with two attached hydrogens (primary N) is 1. The van der Waals surface area contributed by atoms with Gasteiger partial charge in [0.25, 0.3) is 0 Å². The summed E-state index contributed by atoms with van der Waals surface area (Å²) < 4.78 is 5.57. The maximum absolute atomic E-state index is 5.88. The van der Waals surface area contributed by atoms with Crippen molar-refractivity contribution in [2.75, 3.05) is 19.7 Å². The standard InChI is InChI=1S/C13H17Cl2NO/c1-2-7-16-8-3-4-9-17-11-5-6-12(14)13(15)10-11/h2,5-6,10,16H,1,3-4,7-9H2/p+1. The highest BCUT2D eigenvalue weighted by Gasteiger charge is 2.00. The number of hydrogen-bond donors (Lipinski definition) is 1. The highest BCUT2D eigenvalue weighted by molar-refractivity contribution is 6.42. The summed E-state index contributed by atoms with van der Waals surface area (Å²) >= 11 is 11.7. The van der Waals surface area contributed by atoms with Crippen LogP contribution in [0, 0.1) is 0 Å². The van der Waals surface area contributed by atoms with Gasteiger partial charge in [0.2, 0.25) is 0 Å². The van der Waals surface area contributed by atoms with E-state index in [1.807, 2.05) is 12.1 Å². The number of halogens is 2. The summed E-state index contributed by atoms with van der Waals surface area (Å²) in [6.45, 7) is 6.47. The third-order valence-corrected chi connectivity index (χ3v) is 3.03. The molecule has 0 aliphatic heterocycles. The molecule has 2 N–H and O–H groups in total. The molecule has 0 spiro atoms. The number of quaternary nitrogens is 1. The van der Waals surface area contributed by atoms with Crippen molar-refractivity contribution in [2.45, 2.75) is 12.8 Å². The van der Waals surface area contributed by atoms with Crippen LogP contribution in [0.3, 0.4) is 0 Å². The SMILES string of the molecule is C=CC[NH2+]CCCCOc1ccc(Cl)c(Cl)c1. The molecule has 0 atom stereocenters. The Morgan fingerprint density at radius 3 is 2.76 bits per heavy atom. The molecular formula is C13H18Cl2NO+. The lowest BCUT2D eigenvalue weighted by Crippen LogP contribution is -2.83. The number of rotatable bonds is 8. The lowest BCUT2D eigenvalue weighted by molar-refractivity contribution is -0.646. The third kappa shape index (κ3) is 5.97. The normalized spacial score (nSPS) is 10.2. The van der Waals surface area contributed by atoms with Crippen molar-refractivity contribution in [3.05, 3.63) is 40.9 Å². The van der Waals surface area contributed by atoms with Crippen molar-refractivity contribution in [1.29, 1.82) is 0 Å². The molecule has 1 aromatic rings. The number of unbranched alkanes of at least 4 members (excludes halogenated alkanes) is 1. The molecule has 0 saturated heterocycles. The minimum absolute atomic E-state index is 0.531. The van der Waals surface area contributed by atoms with Gasteiger partial charge in [0.05, 0.1) is 29.7 Å². The Kier molecular flexibility index (Phi) is 7.10. The van der Waals surface area contributed by atoms with Crippen LogP contribution in [0.2, 0.25) is 10.0 Å². The van der Waals surface area contributed by atoms with Crippen LogP contribution in [0.15, 0.2) is 30.9 Å². The fraction of sp³-hybridized carbons (Fsp3) is 0.385. The predicted molar refractivity (Wildman–Crippen MR) is 73.0 cm³/mol. The number of benzene rings is 1. The average molecular weight is 275 g/mol. The molecule has 2 nitrogen and oxygen atoms in total. The zero-order chi connectivity index (χ0) is 12.5. The maximum Gasteiger partial charge on any atom is 0.120 e. The van der Waals surface area contributed by atoms with Crippen molar-refractivity contribution in [2.24, 2.45) is 0 Å². The van der Waals surface area contributed by atoms with E-state index in [4.69, 9.17) is 27.9 Å². The predicted octanol–water partition coefficient (Wildman–Crippen LogP) is 2.90. The van der Waals surface area contributed by atoms with E-state index in [1.165, 1.54) is 0 Å². The number of ether oxygens (including phenoxy) is 1. The van der Waals surface area contributed by atoms with Crippen LogP contribution < -0.4 is 10.1 Å². The molecule has 0 amide bonds. The van der Waals surface area contributed by atoms with Gasteiger partial charge in [-0.1, -0.05) is 29.8 Å². The summed E-state index contributed by atoms with van der Waals surface area (Å²) in [5, 5.41) is 3.31. The number of hydrogen-bond acceptors (Lipinski definition) is 1. The Bertz CT molecular complexity index is 355. The van der Waals surface area contributed by atoms with Crippen LogP contribution in [-0.2, 0) is 0 Å². The summed E-state index contributed by atoms with van der Waals surface area (Å²) in [6.07, 6.45) is 4.08. The first-order valence-electron chi connectivity index (χ1n) is 5.74. The molecular weight excluding hydrogens is 257 g/mol. The monoisotopic (exact) mass is 274 g/mol. The summed E-state index contributed by atoms with van der Waals surface area (Å²) in [4.78, 5) is 0. The minimum atomic E-state index is 0.531. The van der Waals surface area contributed by atoms with E-state index in [-0.39, 0.29) is 0 Å². The minimum Gasteiger partial charge on any atom is -0.494 e. The second-order valence-electron chi connectivity index (χ2n) is 3.73. The molecule has 0 saturated carbocycles. The van der Waals surface area contributed by atoms with Gasteiger partial charge in [0.15, 0.2) is 0 Å². The van der Waals surface area contributed by atoms with Gasteiger partial charge in [-0.15, -0.1) is 0 Å². The van der Waals surface area contributed by atoms with E-state index in [0.717, 1.165) is 31.7 Å². The smallest absolute Gasteiger partial charge is 0.120 e. The van der Waals surface area contributed by atoms with Gasteiger partial charge >= 0.3 is 0 Å². The summed E-state index contributed by atoms with van der Waals surface area (Å²) in [6, 6.07) is 5.32. The van der Waals surface area contributed by atoms with Crippen molar-refractivity contribution in [3.8, 4) is 5.75 Å². The van der Waals surface area contributed by atoms with Gasteiger partial charge in [-0.2, -0.15) is 0 Å². The van der Waals surface area contributed by atoms with E-state index in [2.05, 4.69) is 11.9 Å². The van der Waals surface area contributed by atoms with E-state index in [9.17, 15) is 0 Å². The molecule has 1 aromatic carbocycles. The molecule has 0 aliphatic carbocycles. The van der Waals surface area contributed by atoms with Crippen molar-refractivity contribution >= 4 is 23.2 Å². The van der Waals surface area contributed by atoms with Gasteiger partial charge in [0.1, 0.15) is 5.75 Å². The first-order chi connectivity index (χ1) is 8.24. The Labute approximate surface area is 113 Å². The summed E-state index contributed by atoms with van der Waals surface area (Å²) in [5.41, 5.74) is 0. The van der Waals surface area contributed by atoms with Gasteiger partial charge in [-0.3, -0.25) is 0 Å². The second-order valence-corrected chi connectivity index (χ2v) is 4.55. The van der Waals surface area contributed by atoms with Gasteiger partial charge in [-0.25, -0.2) is 0 Å². The highest BCUT2D eigenvalue weighted by atomic mass is 35.5. The van der Waals surface area contributed by atoms with Crippen molar-refractivity contribution in [1.82, 2.24) is 0 Å². The van der Waals surface area contributed by atoms with Gasteiger partial charge < -0.3 is 10.1 Å². The lowest BCUT2D eigenvalue weighted by Gasteiger charge is -2.06. The van der Waals surface area contributed by atoms with Crippen LogP contribution in [0.1, 0.15) is 12.8 Å². The Morgan fingerprint density at radius 2 is 2.06 bits per heavy atom. The summed E-state index contributed by atoms with van der Waals surface area (Å²) in [7, 11) is 0. The third-order valence-electron chi connectivity index (χ3n) is 2.30. The molecule has 0 radical (unpaired) electrons. The first kappa shape index (κ1) is 14.4. The molecule has 1 rings (SSSR count). The van der Waals surface area contributed by atoms with Gasteiger partial charge in [0, 0.05) is 6.07 Å². The average Bonchev–Trinajstić information content (AvgIpc) is 2.32. The molecule has 17 heavy (non-hydrogen) atoms. The first-order valence-corrected chi connectivity index (χ1v) is 6.50. The molecule has 0 heterocycles. The molecule has 0 fully saturated rings. The fourth-order valence-electron chi connectivity index (χ4n) is 1.38.